The largest absolute Gasteiger partial charge is 0.462 e. The molecule has 3 nitrogen and oxygen atoms in total. The molecule has 18 heavy (non-hydrogen) atoms. The second-order valence-corrected chi connectivity index (χ2v) is 7.50. The first-order valence-corrected chi connectivity index (χ1v) is 8.54. The van der Waals surface area contributed by atoms with Crippen molar-refractivity contribution < 1.29 is 14.3 Å². The van der Waals surface area contributed by atoms with E-state index in [1.807, 2.05) is 13.8 Å². The third-order valence-electron chi connectivity index (χ3n) is 2.55. The van der Waals surface area contributed by atoms with Crippen molar-refractivity contribution in [2.75, 3.05) is 5.75 Å². The van der Waals surface area contributed by atoms with Gasteiger partial charge in [-0.3, -0.25) is 4.79 Å². The molecule has 104 valence electrons. The van der Waals surface area contributed by atoms with Crippen LogP contribution in [0.3, 0.4) is 0 Å². The fourth-order valence-electron chi connectivity index (χ4n) is 1.75. The van der Waals surface area contributed by atoms with E-state index in [1.165, 1.54) is 11.8 Å². The highest BCUT2D eigenvalue weighted by molar-refractivity contribution is 8.18. The number of hydrogen-bond donors (Lipinski definition) is 0. The second kappa shape index (κ2) is 8.10. The summed E-state index contributed by atoms with van der Waals surface area (Å²) in [5.74, 6) is 1.03. The molecule has 2 atom stereocenters. The maximum Gasteiger partial charge on any atom is 0.329 e. The van der Waals surface area contributed by atoms with Crippen LogP contribution in [0.15, 0.2) is 0 Å². The molecule has 0 radical (unpaired) electrons. The zero-order valence-electron chi connectivity index (χ0n) is 11.3. The summed E-state index contributed by atoms with van der Waals surface area (Å²) in [4.78, 5) is 23.6. The van der Waals surface area contributed by atoms with Crippen molar-refractivity contribution in [2.45, 2.75) is 62.4 Å². The van der Waals surface area contributed by atoms with Gasteiger partial charge in [-0.15, -0.1) is 23.5 Å². The second-order valence-electron chi connectivity index (χ2n) is 4.67. The van der Waals surface area contributed by atoms with Crippen LogP contribution >= 0.6 is 23.5 Å². The van der Waals surface area contributed by atoms with E-state index in [1.54, 1.807) is 11.8 Å². The molecular formula is C13H22O3S2. The lowest BCUT2D eigenvalue weighted by molar-refractivity contribution is -0.144. The molecule has 0 bridgehead atoms. The maximum absolute atomic E-state index is 12.0. The van der Waals surface area contributed by atoms with Crippen molar-refractivity contribution in [3.63, 3.8) is 0 Å². The summed E-state index contributed by atoms with van der Waals surface area (Å²) < 4.78 is 5.01. The van der Waals surface area contributed by atoms with E-state index in [-0.39, 0.29) is 21.9 Å². The van der Waals surface area contributed by atoms with Crippen molar-refractivity contribution in [1.29, 1.82) is 0 Å². The van der Waals surface area contributed by atoms with E-state index in [0.717, 1.165) is 25.0 Å². The van der Waals surface area contributed by atoms with E-state index in [4.69, 9.17) is 4.74 Å². The van der Waals surface area contributed by atoms with Gasteiger partial charge in [-0.2, -0.15) is 0 Å². The Morgan fingerprint density at radius 3 is 2.72 bits per heavy atom. The van der Waals surface area contributed by atoms with Crippen LogP contribution in [-0.4, -0.2) is 33.4 Å². The first-order valence-electron chi connectivity index (χ1n) is 6.54. The van der Waals surface area contributed by atoms with Gasteiger partial charge in [-0.05, 0) is 38.9 Å². The minimum atomic E-state index is -0.251. The summed E-state index contributed by atoms with van der Waals surface area (Å²) in [5.41, 5.74) is 0. The lowest BCUT2D eigenvalue weighted by atomic mass is 10.3. The van der Waals surface area contributed by atoms with Gasteiger partial charge in [0.15, 0.2) is 0 Å². The standard InChI is InChI=1S/C13H22O3S2/c1-4-8-17-13(12(15)16-9(2)3)18-11-7-5-6-10(11)14/h9,11,13H,4-8H2,1-3H3. The average Bonchev–Trinajstić information content (AvgIpc) is 2.69. The third kappa shape index (κ3) is 5.22. The topological polar surface area (TPSA) is 43.4 Å². The van der Waals surface area contributed by atoms with E-state index < -0.39 is 0 Å². The Morgan fingerprint density at radius 1 is 1.50 bits per heavy atom. The van der Waals surface area contributed by atoms with Crippen molar-refractivity contribution in [3.05, 3.63) is 0 Å². The fourth-order valence-corrected chi connectivity index (χ4v) is 4.44. The zero-order valence-corrected chi connectivity index (χ0v) is 12.9. The highest BCUT2D eigenvalue weighted by atomic mass is 32.2. The monoisotopic (exact) mass is 290 g/mol. The minimum absolute atomic E-state index is 0.000863. The lowest BCUT2D eigenvalue weighted by Crippen LogP contribution is -2.24. The van der Waals surface area contributed by atoms with Gasteiger partial charge in [0.1, 0.15) is 10.4 Å². The summed E-state index contributed by atoms with van der Waals surface area (Å²) in [5, 5.41) is -0.000863. The number of rotatable bonds is 7. The number of carbonyl (C=O) groups excluding carboxylic acids is 2. The van der Waals surface area contributed by atoms with Crippen molar-refractivity contribution in [2.24, 2.45) is 0 Å². The summed E-state index contributed by atoms with van der Waals surface area (Å²) >= 11 is 3.09. The van der Waals surface area contributed by atoms with E-state index in [2.05, 4.69) is 6.92 Å². The van der Waals surface area contributed by atoms with E-state index in [0.29, 0.717) is 12.2 Å². The van der Waals surface area contributed by atoms with Gasteiger partial charge in [0.25, 0.3) is 0 Å². The van der Waals surface area contributed by atoms with Crippen LogP contribution in [0.25, 0.3) is 0 Å². The Balaban J connectivity index is 2.53. The quantitative estimate of drug-likeness (QED) is 0.532. The summed E-state index contributed by atoms with van der Waals surface area (Å²) in [6.45, 7) is 5.79. The van der Waals surface area contributed by atoms with Crippen LogP contribution in [0.5, 0.6) is 0 Å². The van der Waals surface area contributed by atoms with Crippen LogP contribution in [0.2, 0.25) is 0 Å². The molecule has 0 spiro atoms. The normalized spacial score (nSPS) is 21.3. The van der Waals surface area contributed by atoms with Gasteiger partial charge in [0.05, 0.1) is 11.4 Å². The third-order valence-corrected chi connectivity index (χ3v) is 5.70. The summed E-state index contributed by atoms with van der Waals surface area (Å²) in [6, 6.07) is 0. The number of ether oxygens (including phenoxy) is 1. The Bertz CT molecular complexity index is 292. The Hall–Kier alpha value is -0.160. The molecule has 1 rings (SSSR count). The average molecular weight is 290 g/mol. The van der Waals surface area contributed by atoms with Gasteiger partial charge in [0.2, 0.25) is 0 Å². The molecule has 0 N–H and O–H groups in total. The molecule has 0 aromatic rings. The van der Waals surface area contributed by atoms with Crippen LogP contribution in [0.4, 0.5) is 0 Å². The number of ketones is 1. The Kier molecular flexibility index (Phi) is 7.15. The lowest BCUT2D eigenvalue weighted by Gasteiger charge is -2.19. The number of carbonyl (C=O) groups is 2. The Morgan fingerprint density at radius 2 is 2.22 bits per heavy atom. The van der Waals surface area contributed by atoms with E-state index >= 15 is 0 Å². The predicted octanol–water partition coefficient (Wildman–Crippen LogP) is 3.26. The molecule has 0 saturated heterocycles. The van der Waals surface area contributed by atoms with Crippen LogP contribution in [0.1, 0.15) is 46.5 Å². The molecule has 1 aliphatic rings. The molecule has 1 saturated carbocycles. The van der Waals surface area contributed by atoms with Gasteiger partial charge in [-0.1, -0.05) is 6.92 Å². The van der Waals surface area contributed by atoms with Crippen LogP contribution in [-0.2, 0) is 14.3 Å². The molecule has 1 aliphatic carbocycles. The van der Waals surface area contributed by atoms with E-state index in [9.17, 15) is 9.59 Å². The molecule has 0 amide bonds. The molecule has 2 unspecified atom stereocenters. The smallest absolute Gasteiger partial charge is 0.329 e. The highest BCUT2D eigenvalue weighted by Crippen LogP contribution is 2.35. The van der Waals surface area contributed by atoms with Crippen molar-refractivity contribution in [3.8, 4) is 0 Å². The maximum atomic E-state index is 12.0. The van der Waals surface area contributed by atoms with Gasteiger partial charge in [-0.25, -0.2) is 4.79 Å². The fraction of sp³-hybridized carbons (Fsp3) is 0.846. The highest BCUT2D eigenvalue weighted by Gasteiger charge is 2.32. The van der Waals surface area contributed by atoms with Gasteiger partial charge in [0, 0.05) is 6.42 Å². The molecule has 0 heterocycles. The van der Waals surface area contributed by atoms with Crippen molar-refractivity contribution >= 4 is 35.3 Å². The number of thioether (sulfide) groups is 2. The molecule has 1 fully saturated rings. The first-order chi connectivity index (χ1) is 8.54. The molecule has 0 aromatic heterocycles. The summed E-state index contributed by atoms with van der Waals surface area (Å²) in [6.07, 6.45) is 3.46. The Labute approximate surface area is 118 Å². The van der Waals surface area contributed by atoms with Gasteiger partial charge >= 0.3 is 5.97 Å². The zero-order chi connectivity index (χ0) is 13.5. The van der Waals surface area contributed by atoms with Gasteiger partial charge < -0.3 is 4.74 Å². The number of Topliss-reactive ketones (excluding diaryl/α,β-unsaturated/α-hetero) is 1. The molecule has 0 aromatic carbocycles. The number of hydrogen-bond acceptors (Lipinski definition) is 5. The molecule has 5 heteroatoms. The molecule has 0 aliphatic heterocycles. The first kappa shape index (κ1) is 15.9. The summed E-state index contributed by atoms with van der Waals surface area (Å²) in [7, 11) is 0. The minimum Gasteiger partial charge on any atom is -0.462 e. The SMILES string of the molecule is CCCSC(SC1CCCC1=O)C(=O)OC(C)C. The molecular weight excluding hydrogens is 268 g/mol. The predicted molar refractivity (Wildman–Crippen MR) is 78.0 cm³/mol. The van der Waals surface area contributed by atoms with Crippen LogP contribution in [0, 0.1) is 0 Å². The van der Waals surface area contributed by atoms with Crippen LogP contribution < -0.4 is 0 Å². The number of esters is 1. The van der Waals surface area contributed by atoms with Crippen molar-refractivity contribution in [1.82, 2.24) is 0 Å².